The molecule has 0 unspecified atom stereocenters. The normalized spacial score (nSPS) is 13.3. The van der Waals surface area contributed by atoms with Crippen LogP contribution in [0.2, 0.25) is 0 Å². The minimum absolute atomic E-state index is 0.173. The van der Waals surface area contributed by atoms with Gasteiger partial charge in [0.2, 0.25) is 0 Å². The van der Waals surface area contributed by atoms with Crippen LogP contribution in [0.1, 0.15) is 34.1 Å². The van der Waals surface area contributed by atoms with Gasteiger partial charge in [-0.25, -0.2) is 4.79 Å². The minimum Gasteiger partial charge on any atom is -0.338 e. The molecule has 0 fully saturated rings. The van der Waals surface area contributed by atoms with E-state index in [4.69, 9.17) is 0 Å². The van der Waals surface area contributed by atoms with E-state index >= 15 is 0 Å². The Morgan fingerprint density at radius 2 is 1.60 bits per heavy atom. The number of hydrogen-bond acceptors (Lipinski definition) is 3. The molecule has 6 heteroatoms. The molecule has 0 bridgehead atoms. The highest BCUT2D eigenvalue weighted by Crippen LogP contribution is 2.21. The van der Waals surface area contributed by atoms with Crippen molar-refractivity contribution in [2.75, 3.05) is 19.6 Å². The van der Waals surface area contributed by atoms with Gasteiger partial charge in [-0.05, 0) is 18.6 Å². The van der Waals surface area contributed by atoms with Gasteiger partial charge in [0.05, 0.1) is 11.1 Å². The summed E-state index contributed by atoms with van der Waals surface area (Å²) in [6.45, 7) is 2.96. The number of hydrogen-bond donors (Lipinski definition) is 2. The molecule has 0 aliphatic carbocycles. The molecule has 1 heterocycles. The van der Waals surface area contributed by atoms with E-state index in [0.717, 1.165) is 11.3 Å². The SMILES string of the molecule is CCCNC(=O)NCCN1C(=O)c2ccccc2C1=O. The van der Waals surface area contributed by atoms with Crippen molar-refractivity contribution >= 4 is 17.8 Å². The van der Waals surface area contributed by atoms with Gasteiger partial charge in [0.15, 0.2) is 0 Å². The molecule has 2 N–H and O–H groups in total. The molecule has 0 saturated carbocycles. The standard InChI is InChI=1S/C14H17N3O3/c1-2-7-15-14(20)16-8-9-17-12(18)10-5-3-4-6-11(10)13(17)19/h3-6H,2,7-9H2,1H3,(H2,15,16,20). The third kappa shape index (κ3) is 2.79. The summed E-state index contributed by atoms with van der Waals surface area (Å²) in [6, 6.07) is 6.44. The molecule has 20 heavy (non-hydrogen) atoms. The zero-order valence-electron chi connectivity index (χ0n) is 11.3. The molecule has 1 aliphatic heterocycles. The molecule has 1 aliphatic rings. The van der Waals surface area contributed by atoms with Crippen LogP contribution in [0, 0.1) is 0 Å². The average Bonchev–Trinajstić information content (AvgIpc) is 2.70. The first-order valence-electron chi connectivity index (χ1n) is 6.62. The monoisotopic (exact) mass is 275 g/mol. The van der Waals surface area contributed by atoms with E-state index < -0.39 is 0 Å². The molecule has 2 rings (SSSR count). The predicted octanol–water partition coefficient (Wildman–Crippen LogP) is 0.992. The van der Waals surface area contributed by atoms with E-state index in [-0.39, 0.29) is 30.9 Å². The topological polar surface area (TPSA) is 78.5 Å². The summed E-state index contributed by atoms with van der Waals surface area (Å²) in [6.07, 6.45) is 0.853. The summed E-state index contributed by atoms with van der Waals surface area (Å²) in [7, 11) is 0. The molecule has 6 nitrogen and oxygen atoms in total. The third-order valence-electron chi connectivity index (χ3n) is 3.03. The number of carbonyl (C=O) groups is 3. The fraction of sp³-hybridized carbons (Fsp3) is 0.357. The number of fused-ring (bicyclic) bond motifs is 1. The molecule has 106 valence electrons. The maximum atomic E-state index is 12.0. The zero-order valence-corrected chi connectivity index (χ0v) is 11.3. The maximum Gasteiger partial charge on any atom is 0.314 e. The van der Waals surface area contributed by atoms with Crippen molar-refractivity contribution in [2.24, 2.45) is 0 Å². The van der Waals surface area contributed by atoms with Crippen LogP contribution in [0.4, 0.5) is 4.79 Å². The first-order chi connectivity index (χ1) is 9.65. The number of imide groups is 1. The molecule has 0 atom stereocenters. The van der Waals surface area contributed by atoms with Crippen molar-refractivity contribution < 1.29 is 14.4 Å². The van der Waals surface area contributed by atoms with Crippen LogP contribution in [0.3, 0.4) is 0 Å². The first kappa shape index (κ1) is 14.0. The van der Waals surface area contributed by atoms with E-state index in [1.165, 1.54) is 0 Å². The fourth-order valence-corrected chi connectivity index (χ4v) is 2.02. The second-order valence-corrected chi connectivity index (χ2v) is 4.49. The molecule has 0 saturated heterocycles. The second kappa shape index (κ2) is 6.18. The largest absolute Gasteiger partial charge is 0.338 e. The molecule has 1 aromatic carbocycles. The summed E-state index contributed by atoms with van der Waals surface area (Å²) >= 11 is 0. The Morgan fingerprint density at radius 1 is 1.05 bits per heavy atom. The first-order valence-corrected chi connectivity index (χ1v) is 6.62. The number of amides is 4. The quantitative estimate of drug-likeness (QED) is 0.787. The van der Waals surface area contributed by atoms with Gasteiger partial charge in [0.1, 0.15) is 0 Å². The van der Waals surface area contributed by atoms with E-state index in [1.54, 1.807) is 24.3 Å². The summed E-state index contributed by atoms with van der Waals surface area (Å²) in [4.78, 5) is 36.6. The van der Waals surface area contributed by atoms with Crippen molar-refractivity contribution in [3.63, 3.8) is 0 Å². The summed E-state index contributed by atoms with van der Waals surface area (Å²) < 4.78 is 0. The Kier molecular flexibility index (Phi) is 4.34. The average molecular weight is 275 g/mol. The highest BCUT2D eigenvalue weighted by molar-refractivity contribution is 6.21. The number of rotatable bonds is 5. The highest BCUT2D eigenvalue weighted by Gasteiger charge is 2.34. The molecular weight excluding hydrogens is 258 g/mol. The Labute approximate surface area is 117 Å². The lowest BCUT2D eigenvalue weighted by Crippen LogP contribution is -2.42. The Morgan fingerprint density at radius 3 is 2.15 bits per heavy atom. The van der Waals surface area contributed by atoms with Gasteiger partial charge in [-0.2, -0.15) is 0 Å². The fourth-order valence-electron chi connectivity index (χ4n) is 2.02. The van der Waals surface area contributed by atoms with Crippen LogP contribution in [0.5, 0.6) is 0 Å². The van der Waals surface area contributed by atoms with Gasteiger partial charge in [0, 0.05) is 19.6 Å². The minimum atomic E-state index is -0.304. The Hall–Kier alpha value is -2.37. The van der Waals surface area contributed by atoms with E-state index in [2.05, 4.69) is 10.6 Å². The lowest BCUT2D eigenvalue weighted by Gasteiger charge is -2.14. The molecule has 0 spiro atoms. The van der Waals surface area contributed by atoms with Gasteiger partial charge in [-0.15, -0.1) is 0 Å². The lowest BCUT2D eigenvalue weighted by molar-refractivity contribution is 0.0656. The van der Waals surface area contributed by atoms with Crippen LogP contribution in [-0.2, 0) is 0 Å². The van der Waals surface area contributed by atoms with Crippen LogP contribution in [-0.4, -0.2) is 42.4 Å². The highest BCUT2D eigenvalue weighted by atomic mass is 16.2. The molecule has 4 amide bonds. The van der Waals surface area contributed by atoms with Gasteiger partial charge in [-0.1, -0.05) is 19.1 Å². The smallest absolute Gasteiger partial charge is 0.314 e. The van der Waals surface area contributed by atoms with Crippen molar-refractivity contribution in [3.8, 4) is 0 Å². The predicted molar refractivity (Wildman–Crippen MR) is 73.5 cm³/mol. The molecule has 0 radical (unpaired) electrons. The van der Waals surface area contributed by atoms with Crippen LogP contribution in [0.25, 0.3) is 0 Å². The van der Waals surface area contributed by atoms with Crippen molar-refractivity contribution in [2.45, 2.75) is 13.3 Å². The maximum absolute atomic E-state index is 12.0. The van der Waals surface area contributed by atoms with Gasteiger partial charge >= 0.3 is 6.03 Å². The molecular formula is C14H17N3O3. The van der Waals surface area contributed by atoms with Gasteiger partial charge < -0.3 is 10.6 Å². The Bertz CT molecular complexity index is 507. The number of benzene rings is 1. The molecule has 0 aromatic heterocycles. The summed E-state index contributed by atoms with van der Waals surface area (Å²) in [5.74, 6) is -0.609. The van der Waals surface area contributed by atoms with Crippen molar-refractivity contribution in [1.29, 1.82) is 0 Å². The van der Waals surface area contributed by atoms with Crippen molar-refractivity contribution in [1.82, 2.24) is 15.5 Å². The molecule has 1 aromatic rings. The number of nitrogens with zero attached hydrogens (tertiary/aromatic N) is 1. The Balaban J connectivity index is 1.88. The van der Waals surface area contributed by atoms with Crippen LogP contribution >= 0.6 is 0 Å². The van der Waals surface area contributed by atoms with Crippen LogP contribution < -0.4 is 10.6 Å². The zero-order chi connectivity index (χ0) is 14.5. The van der Waals surface area contributed by atoms with Gasteiger partial charge in [-0.3, -0.25) is 14.5 Å². The lowest BCUT2D eigenvalue weighted by atomic mass is 10.1. The second-order valence-electron chi connectivity index (χ2n) is 4.49. The number of urea groups is 1. The number of nitrogens with one attached hydrogen (secondary N) is 2. The third-order valence-corrected chi connectivity index (χ3v) is 3.03. The van der Waals surface area contributed by atoms with E-state index in [9.17, 15) is 14.4 Å². The van der Waals surface area contributed by atoms with Gasteiger partial charge in [0.25, 0.3) is 11.8 Å². The summed E-state index contributed by atoms with van der Waals surface area (Å²) in [5.41, 5.74) is 0.848. The van der Waals surface area contributed by atoms with E-state index in [1.807, 2.05) is 6.92 Å². The van der Waals surface area contributed by atoms with E-state index in [0.29, 0.717) is 17.7 Å². The summed E-state index contributed by atoms with van der Waals surface area (Å²) in [5, 5.41) is 5.27. The van der Waals surface area contributed by atoms with Crippen LogP contribution in [0.15, 0.2) is 24.3 Å². The number of carbonyl (C=O) groups excluding carboxylic acids is 3. The van der Waals surface area contributed by atoms with Crippen molar-refractivity contribution in [3.05, 3.63) is 35.4 Å².